The van der Waals surface area contributed by atoms with E-state index in [1.807, 2.05) is 48.5 Å². The molecule has 21 aromatic rings. The summed E-state index contributed by atoms with van der Waals surface area (Å²) >= 11 is 0. The van der Waals surface area contributed by atoms with Gasteiger partial charge in [0.05, 0.1) is 74.9 Å². The van der Waals surface area contributed by atoms with Gasteiger partial charge in [0.25, 0.3) is 0 Å². The van der Waals surface area contributed by atoms with E-state index in [0.29, 0.717) is 11.1 Å². The van der Waals surface area contributed by atoms with Gasteiger partial charge >= 0.3 is 0 Å². The van der Waals surface area contributed by atoms with Crippen molar-refractivity contribution < 1.29 is 13.7 Å². The lowest BCUT2D eigenvalue weighted by Gasteiger charge is -2.33. The average Bonchev–Trinajstić information content (AvgIpc) is 1.56. The van der Waals surface area contributed by atoms with E-state index < -0.39 is 6.04 Å². The molecular weight excluding hydrogens is 1760 g/mol. The first-order valence-electron chi connectivity index (χ1n) is 57.2. The van der Waals surface area contributed by atoms with E-state index in [1.165, 1.54) is 138 Å². The van der Waals surface area contributed by atoms with Crippen LogP contribution in [0.15, 0.2) is 376 Å². The van der Waals surface area contributed by atoms with Gasteiger partial charge in [0.15, 0.2) is 0 Å². The molecule has 146 heavy (non-hydrogen) atoms. The van der Waals surface area contributed by atoms with Crippen LogP contribution >= 0.6 is 0 Å². The lowest BCUT2D eigenvalue weighted by molar-refractivity contribution is 0.528. The third-order valence-corrected chi connectivity index (χ3v) is 29.0. The highest BCUT2D eigenvalue weighted by Gasteiger charge is 2.36. The monoisotopic (exact) mass is 1920 g/mol. The van der Waals surface area contributed by atoms with Crippen LogP contribution in [-0.2, 0) is 54.1 Å². The Labute approximate surface area is 885 Å². The van der Waals surface area contributed by atoms with Crippen LogP contribution in [-0.4, -0.2) is 18.3 Å². The summed E-state index contributed by atoms with van der Waals surface area (Å²) in [7, 11) is 0. The quantitative estimate of drug-likeness (QED) is 0.137. The van der Waals surface area contributed by atoms with E-state index in [1.54, 1.807) is 0 Å². The fraction of sp³-hybridized carbons (Fsp3) is 0.282. The van der Waals surface area contributed by atoms with E-state index in [-0.39, 0.29) is 120 Å². The average molecular weight is 1920 g/mol. The summed E-state index contributed by atoms with van der Waals surface area (Å²) in [4.78, 5) is 0. The van der Waals surface area contributed by atoms with Crippen LogP contribution in [0.4, 0.5) is 0 Å². The van der Waals surface area contributed by atoms with Gasteiger partial charge in [0.2, 0.25) is 0 Å². The van der Waals surface area contributed by atoms with Gasteiger partial charge in [-0.15, -0.1) is 0 Å². The van der Waals surface area contributed by atoms with Gasteiger partial charge in [-0.1, -0.05) is 535 Å². The fourth-order valence-corrected chi connectivity index (χ4v) is 22.0. The van der Waals surface area contributed by atoms with Crippen molar-refractivity contribution in [3.8, 4) is 78.4 Å². The van der Waals surface area contributed by atoms with Gasteiger partial charge < -0.3 is 18.3 Å². The zero-order valence-electron chi connectivity index (χ0n) is 102. The van der Waals surface area contributed by atoms with Crippen molar-refractivity contribution in [3.05, 3.63) is 432 Å². The van der Waals surface area contributed by atoms with E-state index in [9.17, 15) is 0 Å². The Morgan fingerprint density at radius 3 is 0.712 bits per heavy atom. The Balaban J connectivity index is 0.000000136. The van der Waals surface area contributed by atoms with Crippen molar-refractivity contribution in [1.29, 1.82) is 0 Å². The van der Waals surface area contributed by atoms with Crippen LogP contribution in [0.3, 0.4) is 0 Å². The Kier molecular flexibility index (Phi) is 23.6. The Morgan fingerprint density at radius 1 is 0.164 bits per heavy atom. The number of hydrogen-bond donors (Lipinski definition) is 0. The number of para-hydroxylation sites is 9. The first-order valence-corrected chi connectivity index (χ1v) is 52.2. The zero-order chi connectivity index (χ0) is 113. The van der Waals surface area contributed by atoms with Crippen LogP contribution in [0.5, 0.6) is 0 Å². The molecule has 4 heteroatoms. The SMILES string of the molecule is CC(C)(C)c1cc(-c2cccc3c4ccccc4n(-c4ccccc4C(C)(C)C)c23)cc(C(C)(C)C)c1.CC(C)(C)c1cccc(-n2c3ccccc3c3cccc(-c4ccccc4)c32)c1C(C)(C)C.[2H]c1c([2H])c([2H])c(-c2cccc3c4ccccc4n(-c4cccc(-c5cc(C(C)(C)C)cc(C(C)(C)C)c5)c4C(C)(C)C)c23)c([2H])c1[2H].[2H]c1c([2H])c([2H])c(-c2cccc3c4ccccc4n(-c4cccc(C(C)(C)C)c4C(C)(C)C)c23)c([2H])c1[2H]. The molecule has 4 heterocycles. The Bertz CT molecular complexity index is 9010. The highest BCUT2D eigenvalue weighted by Crippen LogP contribution is 2.52. The predicted molar refractivity (Wildman–Crippen MR) is 637 cm³/mol. The molecule has 0 unspecified atom stereocenters. The summed E-state index contributed by atoms with van der Waals surface area (Å²) < 4.78 is 94.7. The molecule has 0 atom stereocenters. The summed E-state index contributed by atoms with van der Waals surface area (Å²) in [6.45, 7) is 68.5. The number of nitrogens with zero attached hydrogens (tertiary/aromatic N) is 4. The fourth-order valence-electron chi connectivity index (χ4n) is 22.0. The molecule has 0 fully saturated rings. The molecule has 0 bridgehead atoms. The normalized spacial score (nSPS) is 13.7. The standard InChI is InChI=1S/C42H45N.C36H41N.2C32H33N/c1-40(2,3)30-25-29(26-31(27-30)41(4,5)6)32-20-16-24-37(38(32)42(7,8)9)43-36-23-14-13-19-34(36)35-22-15-21-33(39(35)43)28-17-11-10-12-18-28;1-34(2,3)25-21-24(22-26(23-25)35(4,5)6)27-16-14-17-29-28-15-10-12-19-31(28)37(33(27)29)32-20-13-11-18-30(32)36(7,8)9;2*1-31(2,3)26-19-13-21-28(29(26)32(4,5)6)33-27-20-11-10-16-24(27)25-18-12-17-23(30(25)33)22-14-8-7-9-15-22/h10-27H,1-9H3;10-23H,1-9H3;2*7-21H,1-6H3/i10D,11D,12D,17D,18D;;7D,8D,9D,14D,15D;. The van der Waals surface area contributed by atoms with Gasteiger partial charge in [0.1, 0.15) is 0 Å². The minimum atomic E-state index is -0.392. The molecule has 0 saturated carbocycles. The lowest BCUT2D eigenvalue weighted by Crippen LogP contribution is -2.24. The number of aromatic nitrogens is 4. The number of fused-ring (bicyclic) bond motifs is 12. The maximum atomic E-state index is 8.90. The molecule has 0 aliphatic carbocycles. The molecule has 0 aliphatic rings. The van der Waals surface area contributed by atoms with Crippen LogP contribution < -0.4 is 0 Å². The topological polar surface area (TPSA) is 19.7 Å². The molecule has 17 aromatic carbocycles. The van der Waals surface area contributed by atoms with E-state index >= 15 is 0 Å². The van der Waals surface area contributed by atoms with Crippen molar-refractivity contribution in [2.24, 2.45) is 0 Å². The van der Waals surface area contributed by atoms with E-state index in [2.05, 4.69) is 493 Å². The molecule has 740 valence electrons. The molecule has 0 aliphatic heterocycles. The van der Waals surface area contributed by atoms with Gasteiger partial charge in [-0.05, 0) is 192 Å². The maximum absolute atomic E-state index is 8.90. The van der Waals surface area contributed by atoms with Crippen molar-refractivity contribution >= 4 is 87.2 Å². The first kappa shape index (κ1) is 89.5. The highest BCUT2D eigenvalue weighted by atomic mass is 15.0. The van der Waals surface area contributed by atoms with Crippen molar-refractivity contribution in [2.45, 2.75) is 262 Å². The zero-order valence-corrected chi connectivity index (χ0v) is 91.8. The van der Waals surface area contributed by atoms with Gasteiger partial charge in [0, 0.05) is 71.0 Å². The summed E-state index contributed by atoms with van der Waals surface area (Å²) in [5.41, 5.74) is 35.1. The van der Waals surface area contributed by atoms with Crippen molar-refractivity contribution in [2.75, 3.05) is 0 Å². The van der Waals surface area contributed by atoms with Crippen LogP contribution in [0, 0.1) is 0 Å². The number of benzene rings is 17. The third-order valence-electron chi connectivity index (χ3n) is 29.0. The molecule has 0 amide bonds. The Hall–Kier alpha value is -14.1. The molecule has 0 N–H and O–H groups in total. The summed E-state index contributed by atoms with van der Waals surface area (Å²) in [5, 5.41) is 9.23. The van der Waals surface area contributed by atoms with E-state index in [0.717, 1.165) is 60.5 Å². The molecule has 21 rings (SSSR count). The van der Waals surface area contributed by atoms with Crippen LogP contribution in [0.2, 0.25) is 0 Å². The van der Waals surface area contributed by atoms with E-state index in [4.69, 9.17) is 13.7 Å². The number of rotatable bonds is 9. The van der Waals surface area contributed by atoms with Gasteiger partial charge in [-0.2, -0.15) is 0 Å². The largest absolute Gasteiger partial charge is 0.308 e. The van der Waals surface area contributed by atoms with Crippen molar-refractivity contribution in [3.63, 3.8) is 0 Å². The maximum Gasteiger partial charge on any atom is 0.0629 e. The number of hydrogen-bond acceptors (Lipinski definition) is 0. The summed E-state index contributed by atoms with van der Waals surface area (Å²) in [6, 6.07) is 110. The Morgan fingerprint density at radius 2 is 0.397 bits per heavy atom. The lowest BCUT2D eigenvalue weighted by atomic mass is 9.74. The second kappa shape index (κ2) is 38.4. The van der Waals surface area contributed by atoms with Crippen LogP contribution in [0.1, 0.15) is 277 Å². The molecule has 4 nitrogen and oxygen atoms in total. The molecular formula is C142H152N4. The summed E-state index contributed by atoms with van der Waals surface area (Å²) in [6.07, 6.45) is 0. The molecule has 4 aromatic heterocycles. The second-order valence-corrected chi connectivity index (χ2v) is 50.3. The minimum absolute atomic E-state index is 0.00139. The third kappa shape index (κ3) is 19.7. The minimum Gasteiger partial charge on any atom is -0.308 e. The van der Waals surface area contributed by atoms with Gasteiger partial charge in [-0.3, -0.25) is 0 Å². The predicted octanol–water partition coefficient (Wildman–Crippen LogP) is 40.4. The first-order chi connectivity index (χ1) is 73.0. The summed E-state index contributed by atoms with van der Waals surface area (Å²) in [5.74, 6) is 0. The molecule has 0 saturated heterocycles. The molecule has 0 radical (unpaired) electrons. The van der Waals surface area contributed by atoms with Crippen molar-refractivity contribution in [1.82, 2.24) is 18.3 Å². The highest BCUT2D eigenvalue weighted by molar-refractivity contribution is 6.18. The van der Waals surface area contributed by atoms with Crippen LogP contribution in [0.25, 0.3) is 166 Å². The van der Waals surface area contributed by atoms with Gasteiger partial charge in [-0.25, -0.2) is 0 Å². The second-order valence-electron chi connectivity index (χ2n) is 50.3. The smallest absolute Gasteiger partial charge is 0.0629 e. The molecule has 0 spiro atoms.